The van der Waals surface area contributed by atoms with Gasteiger partial charge in [-0.1, -0.05) is 38.0 Å². The molecule has 1 aromatic rings. The highest BCUT2D eigenvalue weighted by Gasteiger charge is 2.41. The van der Waals surface area contributed by atoms with Crippen LogP contribution in [0.1, 0.15) is 44.1 Å². The molecule has 1 aromatic carbocycles. The predicted molar refractivity (Wildman–Crippen MR) is 78.8 cm³/mol. The van der Waals surface area contributed by atoms with Crippen molar-refractivity contribution in [3.8, 4) is 0 Å². The van der Waals surface area contributed by atoms with Crippen molar-refractivity contribution >= 4 is 0 Å². The van der Waals surface area contributed by atoms with Crippen LogP contribution in [0, 0.1) is 5.82 Å². The van der Waals surface area contributed by atoms with Crippen LogP contribution in [-0.4, -0.2) is 24.0 Å². The van der Waals surface area contributed by atoms with Gasteiger partial charge in [0.15, 0.2) is 0 Å². The number of hydrogen-bond acceptors (Lipinski definition) is 1. The summed E-state index contributed by atoms with van der Waals surface area (Å²) in [5, 5.41) is 0. The molecule has 0 heterocycles. The van der Waals surface area contributed by atoms with Gasteiger partial charge in [0.25, 0.3) is 0 Å². The SMILES string of the molecule is C=CCN(CCCCC)C1CC1c1ccc(F)cc1. The van der Waals surface area contributed by atoms with Gasteiger partial charge in [-0.05, 0) is 37.1 Å². The molecule has 0 spiro atoms. The summed E-state index contributed by atoms with van der Waals surface area (Å²) >= 11 is 0. The first kappa shape index (κ1) is 14.3. The standard InChI is InChI=1S/C17H24FN/c1-3-5-6-12-19(11-4-2)17-13-16(17)14-7-9-15(18)10-8-14/h4,7-10,16-17H,2-3,5-6,11-13H2,1H3. The van der Waals surface area contributed by atoms with Crippen LogP contribution in [0.3, 0.4) is 0 Å². The number of unbranched alkanes of at least 4 members (excludes halogenated alkanes) is 2. The molecule has 2 heteroatoms. The average molecular weight is 261 g/mol. The van der Waals surface area contributed by atoms with E-state index in [0.717, 1.165) is 13.1 Å². The monoisotopic (exact) mass is 261 g/mol. The number of hydrogen-bond donors (Lipinski definition) is 0. The molecule has 1 nitrogen and oxygen atoms in total. The third kappa shape index (κ3) is 3.90. The van der Waals surface area contributed by atoms with Crippen molar-refractivity contribution in [2.75, 3.05) is 13.1 Å². The van der Waals surface area contributed by atoms with Crippen molar-refractivity contribution in [2.24, 2.45) is 0 Å². The van der Waals surface area contributed by atoms with Crippen molar-refractivity contribution in [2.45, 2.75) is 44.6 Å². The maximum atomic E-state index is 12.9. The van der Waals surface area contributed by atoms with Crippen LogP contribution in [0.5, 0.6) is 0 Å². The lowest BCUT2D eigenvalue weighted by atomic mass is 10.1. The van der Waals surface area contributed by atoms with E-state index in [-0.39, 0.29) is 5.82 Å². The van der Waals surface area contributed by atoms with Crippen LogP contribution in [0.4, 0.5) is 4.39 Å². The van der Waals surface area contributed by atoms with Crippen molar-refractivity contribution in [3.63, 3.8) is 0 Å². The van der Waals surface area contributed by atoms with E-state index in [4.69, 9.17) is 0 Å². The second-order valence-electron chi connectivity index (χ2n) is 5.45. The molecule has 0 aromatic heterocycles. The first-order valence-corrected chi connectivity index (χ1v) is 7.36. The molecule has 19 heavy (non-hydrogen) atoms. The molecule has 1 aliphatic rings. The Morgan fingerprint density at radius 2 is 2.05 bits per heavy atom. The Balaban J connectivity index is 1.90. The molecule has 0 radical (unpaired) electrons. The second kappa shape index (κ2) is 6.85. The Morgan fingerprint density at radius 1 is 1.32 bits per heavy atom. The third-order valence-electron chi connectivity index (χ3n) is 3.94. The maximum absolute atomic E-state index is 12.9. The van der Waals surface area contributed by atoms with Crippen LogP contribution in [0.2, 0.25) is 0 Å². The van der Waals surface area contributed by atoms with E-state index in [1.807, 2.05) is 18.2 Å². The minimum absolute atomic E-state index is 0.146. The van der Waals surface area contributed by atoms with E-state index in [9.17, 15) is 4.39 Å². The molecule has 1 saturated carbocycles. The summed E-state index contributed by atoms with van der Waals surface area (Å²) in [6.45, 7) is 8.21. The Morgan fingerprint density at radius 3 is 2.68 bits per heavy atom. The summed E-state index contributed by atoms with van der Waals surface area (Å²) < 4.78 is 12.9. The summed E-state index contributed by atoms with van der Waals surface area (Å²) in [5.74, 6) is 0.439. The summed E-state index contributed by atoms with van der Waals surface area (Å²) in [5.41, 5.74) is 1.27. The van der Waals surface area contributed by atoms with Crippen LogP contribution in [0.15, 0.2) is 36.9 Å². The molecule has 0 saturated heterocycles. The van der Waals surface area contributed by atoms with Crippen molar-refractivity contribution < 1.29 is 4.39 Å². The van der Waals surface area contributed by atoms with Gasteiger partial charge in [-0.25, -0.2) is 4.39 Å². The zero-order valence-corrected chi connectivity index (χ0v) is 11.8. The number of rotatable bonds is 8. The second-order valence-corrected chi connectivity index (χ2v) is 5.45. The zero-order valence-electron chi connectivity index (χ0n) is 11.8. The zero-order chi connectivity index (χ0) is 13.7. The lowest BCUT2D eigenvalue weighted by Crippen LogP contribution is -2.28. The van der Waals surface area contributed by atoms with Gasteiger partial charge >= 0.3 is 0 Å². The number of benzene rings is 1. The smallest absolute Gasteiger partial charge is 0.123 e. The average Bonchev–Trinajstić information content (AvgIpc) is 3.19. The molecular weight excluding hydrogens is 237 g/mol. The molecule has 2 unspecified atom stereocenters. The normalized spacial score (nSPS) is 21.6. The van der Waals surface area contributed by atoms with Crippen LogP contribution in [0.25, 0.3) is 0 Å². The predicted octanol–water partition coefficient (Wildman–Crippen LogP) is 4.36. The largest absolute Gasteiger partial charge is 0.296 e. The molecule has 104 valence electrons. The molecule has 2 rings (SSSR count). The van der Waals surface area contributed by atoms with Crippen molar-refractivity contribution in [3.05, 3.63) is 48.3 Å². The maximum Gasteiger partial charge on any atom is 0.123 e. The molecule has 1 fully saturated rings. The van der Waals surface area contributed by atoms with E-state index in [0.29, 0.717) is 12.0 Å². The molecule has 0 aliphatic heterocycles. The fraction of sp³-hybridized carbons (Fsp3) is 0.529. The van der Waals surface area contributed by atoms with Gasteiger partial charge in [-0.3, -0.25) is 4.90 Å². The van der Waals surface area contributed by atoms with Crippen molar-refractivity contribution in [1.29, 1.82) is 0 Å². The first-order valence-electron chi connectivity index (χ1n) is 7.36. The quantitative estimate of drug-likeness (QED) is 0.496. The summed E-state index contributed by atoms with van der Waals surface area (Å²) in [6, 6.07) is 7.62. The fourth-order valence-corrected chi connectivity index (χ4v) is 2.78. The van der Waals surface area contributed by atoms with Gasteiger partial charge in [-0.15, -0.1) is 6.58 Å². The lowest BCUT2D eigenvalue weighted by Gasteiger charge is -2.21. The Bertz CT molecular complexity index is 398. The van der Waals surface area contributed by atoms with E-state index in [1.54, 1.807) is 12.1 Å². The molecule has 2 atom stereocenters. The van der Waals surface area contributed by atoms with E-state index in [2.05, 4.69) is 18.4 Å². The number of nitrogens with zero attached hydrogens (tertiary/aromatic N) is 1. The topological polar surface area (TPSA) is 3.24 Å². The molecule has 0 amide bonds. The minimum atomic E-state index is -0.146. The highest BCUT2D eigenvalue weighted by atomic mass is 19.1. The molecule has 0 N–H and O–H groups in total. The third-order valence-corrected chi connectivity index (χ3v) is 3.94. The van der Waals surface area contributed by atoms with Crippen LogP contribution >= 0.6 is 0 Å². The molecular formula is C17H24FN. The van der Waals surface area contributed by atoms with E-state index < -0.39 is 0 Å². The molecule has 0 bridgehead atoms. The Labute approximate surface area is 116 Å². The van der Waals surface area contributed by atoms with E-state index >= 15 is 0 Å². The van der Waals surface area contributed by atoms with Crippen LogP contribution in [-0.2, 0) is 0 Å². The molecule has 1 aliphatic carbocycles. The van der Waals surface area contributed by atoms with Crippen molar-refractivity contribution in [1.82, 2.24) is 4.90 Å². The minimum Gasteiger partial charge on any atom is -0.296 e. The summed E-state index contributed by atoms with van der Waals surface area (Å²) in [6.07, 6.45) is 7.00. The van der Waals surface area contributed by atoms with Gasteiger partial charge < -0.3 is 0 Å². The van der Waals surface area contributed by atoms with Gasteiger partial charge in [0.1, 0.15) is 5.82 Å². The Hall–Kier alpha value is -1.15. The highest BCUT2D eigenvalue weighted by Crippen LogP contribution is 2.44. The van der Waals surface area contributed by atoms with Gasteiger partial charge in [-0.2, -0.15) is 0 Å². The first-order chi connectivity index (χ1) is 9.26. The Kier molecular flexibility index (Phi) is 5.15. The lowest BCUT2D eigenvalue weighted by molar-refractivity contribution is 0.280. The van der Waals surface area contributed by atoms with Gasteiger partial charge in [0.05, 0.1) is 0 Å². The van der Waals surface area contributed by atoms with Crippen LogP contribution < -0.4 is 0 Å². The highest BCUT2D eigenvalue weighted by molar-refractivity contribution is 5.28. The summed E-state index contributed by atoms with van der Waals surface area (Å²) in [4.78, 5) is 2.52. The fourth-order valence-electron chi connectivity index (χ4n) is 2.78. The summed E-state index contributed by atoms with van der Waals surface area (Å²) in [7, 11) is 0. The van der Waals surface area contributed by atoms with E-state index in [1.165, 1.54) is 31.2 Å². The number of halogens is 1. The van der Waals surface area contributed by atoms with Gasteiger partial charge in [0, 0.05) is 18.5 Å². The van der Waals surface area contributed by atoms with Gasteiger partial charge in [0.2, 0.25) is 0 Å².